The summed E-state index contributed by atoms with van der Waals surface area (Å²) in [6.07, 6.45) is 2.28. The van der Waals surface area contributed by atoms with E-state index in [4.69, 9.17) is 5.73 Å². The molecule has 3 aromatic rings. The van der Waals surface area contributed by atoms with Crippen LogP contribution in [0.3, 0.4) is 0 Å². The number of fused-ring (bicyclic) bond motifs is 2. The maximum atomic E-state index is 14.2. The van der Waals surface area contributed by atoms with Gasteiger partial charge in [0.2, 0.25) is 5.91 Å². The number of carbonyl (C=O) groups is 2. The number of benzene rings is 2. The average molecular weight is 453 g/mol. The van der Waals surface area contributed by atoms with E-state index in [1.165, 1.54) is 28.5 Å². The first-order chi connectivity index (χ1) is 15.5. The summed E-state index contributed by atoms with van der Waals surface area (Å²) in [6.45, 7) is 4.29. The van der Waals surface area contributed by atoms with Gasteiger partial charge in [-0.1, -0.05) is 12.1 Å². The highest BCUT2D eigenvalue weighted by Crippen LogP contribution is 2.35. The van der Waals surface area contributed by atoms with E-state index in [0.29, 0.717) is 11.3 Å². The van der Waals surface area contributed by atoms with E-state index in [2.05, 4.69) is 33.3 Å². The standard InChI is InChI=1S/C24H25FN4O2S/c25-18-12-17-13-21(24(26)31)32-23(17)20(14-18)29-9-7-28(8-10-29)6-5-15-1-2-16-3-4-22(30)27-19(16)11-15/h1-2,11-14H,3-10H2,(H2,26,31)(H,27,30). The quantitative estimate of drug-likeness (QED) is 0.622. The first kappa shape index (κ1) is 20.9. The van der Waals surface area contributed by atoms with Gasteiger partial charge in [-0.2, -0.15) is 0 Å². The molecule has 1 fully saturated rings. The molecular weight excluding hydrogens is 427 g/mol. The first-order valence-corrected chi connectivity index (χ1v) is 11.7. The highest BCUT2D eigenvalue weighted by molar-refractivity contribution is 7.21. The fourth-order valence-electron chi connectivity index (χ4n) is 4.53. The molecule has 0 unspecified atom stereocenters. The molecule has 0 atom stereocenters. The van der Waals surface area contributed by atoms with Crippen molar-refractivity contribution in [2.24, 2.45) is 5.73 Å². The first-order valence-electron chi connectivity index (χ1n) is 10.9. The number of aryl methyl sites for hydroxylation is 1. The SMILES string of the molecule is NC(=O)c1cc2cc(F)cc(N3CCN(CCc4ccc5c(c4)NC(=O)CC5)CC3)c2s1. The lowest BCUT2D eigenvalue weighted by atomic mass is 9.99. The lowest BCUT2D eigenvalue weighted by Gasteiger charge is -2.36. The molecule has 2 aliphatic heterocycles. The zero-order chi connectivity index (χ0) is 22.2. The van der Waals surface area contributed by atoms with Gasteiger partial charge in [0.25, 0.3) is 5.91 Å². The Morgan fingerprint density at radius 3 is 2.69 bits per heavy atom. The van der Waals surface area contributed by atoms with Crippen molar-refractivity contribution in [3.63, 3.8) is 0 Å². The van der Waals surface area contributed by atoms with Crippen molar-refractivity contribution in [1.82, 2.24) is 4.90 Å². The number of thiophene rings is 1. The molecule has 0 saturated carbocycles. The number of halogens is 1. The molecule has 6 nitrogen and oxygen atoms in total. The number of nitrogens with one attached hydrogen (secondary N) is 1. The summed E-state index contributed by atoms with van der Waals surface area (Å²) >= 11 is 1.33. The maximum Gasteiger partial charge on any atom is 0.258 e. The molecule has 1 saturated heterocycles. The Labute approximate surface area is 189 Å². The van der Waals surface area contributed by atoms with E-state index in [1.54, 1.807) is 12.1 Å². The van der Waals surface area contributed by atoms with Crippen molar-refractivity contribution in [1.29, 1.82) is 0 Å². The third-order valence-corrected chi connectivity index (χ3v) is 7.49. The summed E-state index contributed by atoms with van der Waals surface area (Å²) in [5.74, 6) is -0.696. The molecule has 8 heteroatoms. The third kappa shape index (κ3) is 4.20. The minimum atomic E-state index is -0.482. The normalized spacial score (nSPS) is 16.8. The molecule has 1 aromatic heterocycles. The van der Waals surface area contributed by atoms with Gasteiger partial charge in [-0.25, -0.2) is 4.39 Å². The Kier molecular flexibility index (Phi) is 5.57. The monoisotopic (exact) mass is 452 g/mol. The summed E-state index contributed by atoms with van der Waals surface area (Å²) in [5.41, 5.74) is 9.63. The van der Waals surface area contributed by atoms with Gasteiger partial charge in [0.05, 0.1) is 15.3 Å². The summed E-state index contributed by atoms with van der Waals surface area (Å²) in [7, 11) is 0. The molecule has 2 aromatic carbocycles. The van der Waals surface area contributed by atoms with Crippen LogP contribution in [-0.2, 0) is 17.6 Å². The van der Waals surface area contributed by atoms with Crippen molar-refractivity contribution in [2.45, 2.75) is 19.3 Å². The number of carbonyl (C=O) groups excluding carboxylic acids is 2. The molecule has 0 aliphatic carbocycles. The Balaban J connectivity index is 1.23. The Hall–Kier alpha value is -2.97. The number of nitrogens with zero attached hydrogens (tertiary/aromatic N) is 2. The van der Waals surface area contributed by atoms with Gasteiger partial charge in [0.15, 0.2) is 0 Å². The lowest BCUT2D eigenvalue weighted by molar-refractivity contribution is -0.116. The molecule has 0 spiro atoms. The largest absolute Gasteiger partial charge is 0.368 e. The number of hydrogen-bond donors (Lipinski definition) is 2. The second-order valence-electron chi connectivity index (χ2n) is 8.44. The van der Waals surface area contributed by atoms with Crippen molar-refractivity contribution in [2.75, 3.05) is 42.9 Å². The molecule has 5 rings (SSSR count). The number of amides is 2. The number of rotatable bonds is 5. The van der Waals surface area contributed by atoms with Crippen LogP contribution in [0.4, 0.5) is 15.8 Å². The van der Waals surface area contributed by atoms with Crippen molar-refractivity contribution >= 4 is 44.6 Å². The number of hydrogen-bond acceptors (Lipinski definition) is 5. The van der Waals surface area contributed by atoms with E-state index >= 15 is 0 Å². The molecule has 2 aliphatic rings. The molecule has 32 heavy (non-hydrogen) atoms. The minimum absolute atomic E-state index is 0.0888. The minimum Gasteiger partial charge on any atom is -0.368 e. The van der Waals surface area contributed by atoms with Crippen LogP contribution in [0.5, 0.6) is 0 Å². The van der Waals surface area contributed by atoms with Crippen LogP contribution in [0.2, 0.25) is 0 Å². The van der Waals surface area contributed by atoms with E-state index < -0.39 is 5.91 Å². The van der Waals surface area contributed by atoms with E-state index in [1.807, 2.05) is 0 Å². The van der Waals surface area contributed by atoms with Crippen molar-refractivity contribution in [3.05, 3.63) is 58.2 Å². The Morgan fingerprint density at radius 2 is 1.91 bits per heavy atom. The van der Waals surface area contributed by atoms with Crippen LogP contribution >= 0.6 is 11.3 Å². The zero-order valence-electron chi connectivity index (χ0n) is 17.7. The highest BCUT2D eigenvalue weighted by Gasteiger charge is 2.21. The number of piperazine rings is 1. The van der Waals surface area contributed by atoms with Gasteiger partial charge < -0.3 is 16.0 Å². The lowest BCUT2D eigenvalue weighted by Crippen LogP contribution is -2.47. The van der Waals surface area contributed by atoms with Gasteiger partial charge >= 0.3 is 0 Å². The number of anilines is 2. The topological polar surface area (TPSA) is 78.7 Å². The molecule has 3 heterocycles. The average Bonchev–Trinajstić information content (AvgIpc) is 3.21. The Morgan fingerprint density at radius 1 is 1.09 bits per heavy atom. The summed E-state index contributed by atoms with van der Waals surface area (Å²) in [4.78, 5) is 28.3. The maximum absolute atomic E-state index is 14.2. The van der Waals surface area contributed by atoms with Gasteiger partial charge in [0, 0.05) is 44.8 Å². The van der Waals surface area contributed by atoms with Crippen LogP contribution in [0.25, 0.3) is 10.1 Å². The van der Waals surface area contributed by atoms with Crippen molar-refractivity contribution in [3.8, 4) is 0 Å². The summed E-state index contributed by atoms with van der Waals surface area (Å²) < 4.78 is 15.1. The molecular formula is C24H25FN4O2S. The Bertz CT molecular complexity index is 1200. The van der Waals surface area contributed by atoms with E-state index in [-0.39, 0.29) is 11.7 Å². The third-order valence-electron chi connectivity index (χ3n) is 6.30. The zero-order valence-corrected chi connectivity index (χ0v) is 18.5. The molecule has 0 bridgehead atoms. The molecule has 166 valence electrons. The smallest absolute Gasteiger partial charge is 0.258 e. The predicted molar refractivity (Wildman–Crippen MR) is 126 cm³/mol. The predicted octanol–water partition coefficient (Wildman–Crippen LogP) is 3.39. The highest BCUT2D eigenvalue weighted by atomic mass is 32.1. The van der Waals surface area contributed by atoms with Crippen LogP contribution in [0.15, 0.2) is 36.4 Å². The molecule has 2 amide bonds. The second kappa shape index (κ2) is 8.52. The molecule has 0 radical (unpaired) electrons. The second-order valence-corrected chi connectivity index (χ2v) is 9.49. The van der Waals surface area contributed by atoms with Crippen LogP contribution in [-0.4, -0.2) is 49.4 Å². The summed E-state index contributed by atoms with van der Waals surface area (Å²) in [6, 6.07) is 11.1. The summed E-state index contributed by atoms with van der Waals surface area (Å²) in [5, 5.41) is 3.70. The number of nitrogens with two attached hydrogens (primary N) is 1. The van der Waals surface area contributed by atoms with Crippen LogP contribution in [0.1, 0.15) is 27.2 Å². The fraction of sp³-hybridized carbons (Fsp3) is 0.333. The van der Waals surface area contributed by atoms with Crippen LogP contribution < -0.4 is 16.0 Å². The number of primary amides is 1. The van der Waals surface area contributed by atoms with E-state index in [9.17, 15) is 14.0 Å². The van der Waals surface area contributed by atoms with Gasteiger partial charge in [-0.05, 0) is 53.6 Å². The molecule has 3 N–H and O–H groups in total. The van der Waals surface area contributed by atoms with Gasteiger partial charge in [0.1, 0.15) is 5.82 Å². The van der Waals surface area contributed by atoms with Crippen molar-refractivity contribution < 1.29 is 14.0 Å². The van der Waals surface area contributed by atoms with E-state index in [0.717, 1.165) is 67.0 Å². The fourth-order valence-corrected chi connectivity index (χ4v) is 5.56. The van der Waals surface area contributed by atoms with Gasteiger partial charge in [-0.3, -0.25) is 14.5 Å². The van der Waals surface area contributed by atoms with Gasteiger partial charge in [-0.15, -0.1) is 11.3 Å². The van der Waals surface area contributed by atoms with Crippen LogP contribution in [0, 0.1) is 5.82 Å².